The van der Waals surface area contributed by atoms with Crippen LogP contribution in [0.2, 0.25) is 0 Å². The minimum Gasteiger partial charge on any atom is -0.389 e. The third kappa shape index (κ3) is 2.88. The molecule has 0 saturated heterocycles. The molecule has 0 amide bonds. The second-order valence-corrected chi connectivity index (χ2v) is 4.56. The molecule has 98 valence electrons. The van der Waals surface area contributed by atoms with Crippen molar-refractivity contribution in [1.29, 1.82) is 0 Å². The van der Waals surface area contributed by atoms with Crippen LogP contribution in [0.15, 0.2) is 36.4 Å². The molecule has 19 heavy (non-hydrogen) atoms. The summed E-state index contributed by atoms with van der Waals surface area (Å²) < 4.78 is 26.1. The molecule has 3 N–H and O–H groups in total. The molecule has 0 aliphatic carbocycles. The number of nitrogens with one attached hydrogen (secondary N) is 1. The SMILES string of the molecule is Cc1cccc(C(N)=S)c1Nc1ccc(F)c(F)c1. The number of aryl methyl sites for hydroxylation is 1. The van der Waals surface area contributed by atoms with E-state index in [9.17, 15) is 8.78 Å². The highest BCUT2D eigenvalue weighted by Gasteiger charge is 2.09. The Bertz CT molecular complexity index is 641. The lowest BCUT2D eigenvalue weighted by Gasteiger charge is -2.14. The summed E-state index contributed by atoms with van der Waals surface area (Å²) in [6, 6.07) is 9.09. The first-order valence-electron chi connectivity index (χ1n) is 5.60. The van der Waals surface area contributed by atoms with E-state index in [1.165, 1.54) is 6.07 Å². The van der Waals surface area contributed by atoms with E-state index in [-0.39, 0.29) is 4.99 Å². The Hall–Kier alpha value is -2.01. The van der Waals surface area contributed by atoms with Crippen LogP contribution in [0.5, 0.6) is 0 Å². The predicted molar refractivity (Wildman–Crippen MR) is 76.7 cm³/mol. The van der Waals surface area contributed by atoms with Gasteiger partial charge in [0.25, 0.3) is 0 Å². The molecule has 0 heterocycles. The standard InChI is InChI=1S/C14H12F2N2S/c1-8-3-2-4-10(14(17)19)13(8)18-9-5-6-11(15)12(16)7-9/h2-7,18H,1H3,(H2,17,19). The molecule has 0 radical (unpaired) electrons. The maximum absolute atomic E-state index is 13.2. The number of hydrogen-bond donors (Lipinski definition) is 2. The lowest BCUT2D eigenvalue weighted by molar-refractivity contribution is 0.509. The lowest BCUT2D eigenvalue weighted by atomic mass is 10.1. The van der Waals surface area contributed by atoms with Crippen LogP contribution < -0.4 is 11.1 Å². The van der Waals surface area contributed by atoms with Gasteiger partial charge in [-0.25, -0.2) is 8.78 Å². The van der Waals surface area contributed by atoms with E-state index < -0.39 is 11.6 Å². The Morgan fingerprint density at radius 2 is 1.89 bits per heavy atom. The molecular formula is C14H12F2N2S. The Labute approximate surface area is 115 Å². The van der Waals surface area contributed by atoms with Gasteiger partial charge in [-0.1, -0.05) is 24.4 Å². The number of rotatable bonds is 3. The van der Waals surface area contributed by atoms with Crippen LogP contribution in [0.3, 0.4) is 0 Å². The summed E-state index contributed by atoms with van der Waals surface area (Å²) in [6.45, 7) is 1.88. The third-order valence-corrected chi connectivity index (χ3v) is 2.95. The van der Waals surface area contributed by atoms with Crippen molar-refractivity contribution >= 4 is 28.6 Å². The quantitative estimate of drug-likeness (QED) is 0.842. The van der Waals surface area contributed by atoms with Gasteiger partial charge in [0, 0.05) is 17.3 Å². The number of anilines is 2. The number of hydrogen-bond acceptors (Lipinski definition) is 2. The van der Waals surface area contributed by atoms with Crippen molar-refractivity contribution < 1.29 is 8.78 Å². The van der Waals surface area contributed by atoms with Crippen molar-refractivity contribution in [3.8, 4) is 0 Å². The van der Waals surface area contributed by atoms with E-state index in [1.54, 1.807) is 6.07 Å². The molecule has 0 unspecified atom stereocenters. The van der Waals surface area contributed by atoms with E-state index in [0.717, 1.165) is 17.7 Å². The van der Waals surface area contributed by atoms with Crippen LogP contribution in [0, 0.1) is 18.6 Å². The molecule has 2 rings (SSSR count). The molecule has 2 aromatic carbocycles. The second kappa shape index (κ2) is 5.32. The van der Waals surface area contributed by atoms with Crippen molar-refractivity contribution in [2.24, 2.45) is 5.73 Å². The summed E-state index contributed by atoms with van der Waals surface area (Å²) in [7, 11) is 0. The summed E-state index contributed by atoms with van der Waals surface area (Å²) in [5.74, 6) is -1.79. The molecule has 0 atom stereocenters. The zero-order valence-corrected chi connectivity index (χ0v) is 11.0. The van der Waals surface area contributed by atoms with Gasteiger partial charge in [0.05, 0.1) is 5.69 Å². The smallest absolute Gasteiger partial charge is 0.160 e. The maximum atomic E-state index is 13.2. The van der Waals surface area contributed by atoms with Crippen molar-refractivity contribution in [2.75, 3.05) is 5.32 Å². The van der Waals surface area contributed by atoms with Gasteiger partial charge in [-0.2, -0.15) is 0 Å². The first-order valence-corrected chi connectivity index (χ1v) is 6.01. The molecule has 5 heteroatoms. The minimum atomic E-state index is -0.907. The van der Waals surface area contributed by atoms with Crippen LogP contribution in [-0.2, 0) is 0 Å². The van der Waals surface area contributed by atoms with Gasteiger partial charge in [-0.05, 0) is 30.7 Å². The van der Waals surface area contributed by atoms with E-state index in [2.05, 4.69) is 5.32 Å². The molecule has 0 fully saturated rings. The average molecular weight is 278 g/mol. The number of halogens is 2. The molecular weight excluding hydrogens is 266 g/mol. The summed E-state index contributed by atoms with van der Waals surface area (Å²) in [4.78, 5) is 0.244. The van der Waals surface area contributed by atoms with Gasteiger partial charge in [0.1, 0.15) is 4.99 Å². The predicted octanol–water partition coefficient (Wildman–Crippen LogP) is 3.65. The van der Waals surface area contributed by atoms with Gasteiger partial charge < -0.3 is 11.1 Å². The van der Waals surface area contributed by atoms with Gasteiger partial charge in [-0.15, -0.1) is 0 Å². The van der Waals surface area contributed by atoms with E-state index >= 15 is 0 Å². The Morgan fingerprint density at radius 1 is 1.16 bits per heavy atom. The van der Waals surface area contributed by atoms with Gasteiger partial charge in [0.15, 0.2) is 11.6 Å². The molecule has 0 saturated carbocycles. The van der Waals surface area contributed by atoms with Gasteiger partial charge in [-0.3, -0.25) is 0 Å². The molecule has 2 nitrogen and oxygen atoms in total. The fourth-order valence-corrected chi connectivity index (χ4v) is 1.93. The monoisotopic (exact) mass is 278 g/mol. The minimum absolute atomic E-state index is 0.244. The first-order chi connectivity index (χ1) is 8.99. The third-order valence-electron chi connectivity index (χ3n) is 2.73. The number of benzene rings is 2. The second-order valence-electron chi connectivity index (χ2n) is 4.12. The van der Waals surface area contributed by atoms with Gasteiger partial charge in [0.2, 0.25) is 0 Å². The highest BCUT2D eigenvalue weighted by atomic mass is 32.1. The molecule has 0 aliphatic rings. The van der Waals surface area contributed by atoms with E-state index in [0.29, 0.717) is 16.9 Å². The van der Waals surface area contributed by atoms with Crippen molar-refractivity contribution in [3.05, 3.63) is 59.2 Å². The van der Waals surface area contributed by atoms with E-state index in [4.69, 9.17) is 18.0 Å². The molecule has 0 aromatic heterocycles. The average Bonchev–Trinajstić information content (AvgIpc) is 2.36. The zero-order chi connectivity index (χ0) is 14.0. The van der Waals surface area contributed by atoms with Crippen molar-refractivity contribution in [3.63, 3.8) is 0 Å². The Kier molecular flexibility index (Phi) is 3.76. The normalized spacial score (nSPS) is 10.3. The van der Waals surface area contributed by atoms with Crippen LogP contribution in [0.1, 0.15) is 11.1 Å². The topological polar surface area (TPSA) is 38.0 Å². The number of thiocarbonyl (C=S) groups is 1. The molecule has 0 aliphatic heterocycles. The Balaban J connectivity index is 2.42. The fraction of sp³-hybridized carbons (Fsp3) is 0.0714. The zero-order valence-electron chi connectivity index (χ0n) is 10.2. The summed E-state index contributed by atoms with van der Waals surface area (Å²) in [6.07, 6.45) is 0. The fourth-order valence-electron chi connectivity index (χ4n) is 1.76. The molecule has 2 aromatic rings. The van der Waals surface area contributed by atoms with Gasteiger partial charge >= 0.3 is 0 Å². The molecule has 0 spiro atoms. The Morgan fingerprint density at radius 3 is 2.53 bits per heavy atom. The van der Waals surface area contributed by atoms with Crippen LogP contribution in [0.25, 0.3) is 0 Å². The maximum Gasteiger partial charge on any atom is 0.160 e. The van der Waals surface area contributed by atoms with Crippen LogP contribution in [-0.4, -0.2) is 4.99 Å². The number of nitrogens with two attached hydrogens (primary N) is 1. The van der Waals surface area contributed by atoms with Crippen molar-refractivity contribution in [1.82, 2.24) is 0 Å². The van der Waals surface area contributed by atoms with E-state index in [1.807, 2.05) is 19.1 Å². The molecule has 0 bridgehead atoms. The number of para-hydroxylation sites is 1. The van der Waals surface area contributed by atoms with Crippen molar-refractivity contribution in [2.45, 2.75) is 6.92 Å². The highest BCUT2D eigenvalue weighted by Crippen LogP contribution is 2.25. The summed E-state index contributed by atoms with van der Waals surface area (Å²) >= 11 is 4.98. The lowest BCUT2D eigenvalue weighted by Crippen LogP contribution is -2.12. The summed E-state index contributed by atoms with van der Waals surface area (Å²) in [5.41, 5.74) is 8.36. The first kappa shape index (κ1) is 13.4. The highest BCUT2D eigenvalue weighted by molar-refractivity contribution is 7.80. The van der Waals surface area contributed by atoms with Crippen LogP contribution >= 0.6 is 12.2 Å². The van der Waals surface area contributed by atoms with Crippen LogP contribution in [0.4, 0.5) is 20.2 Å². The largest absolute Gasteiger partial charge is 0.389 e. The summed E-state index contributed by atoms with van der Waals surface area (Å²) in [5, 5.41) is 3.02.